The Balaban J connectivity index is 2.97. The molecule has 1 unspecified atom stereocenters. The summed E-state index contributed by atoms with van der Waals surface area (Å²) in [5.41, 5.74) is 1.09. The van der Waals surface area contributed by atoms with E-state index < -0.39 is 8.32 Å². The SMILES string of the molecule is CC(=O)NCC(O[Si](C)(C)C(C)(C)C)c1ccc(Br)cc1. The van der Waals surface area contributed by atoms with Crippen LogP contribution in [0, 0.1) is 0 Å². The molecule has 0 aliphatic carbocycles. The Labute approximate surface area is 137 Å². The molecule has 5 heteroatoms. The number of carbonyl (C=O) groups is 1. The highest BCUT2D eigenvalue weighted by Crippen LogP contribution is 2.39. The lowest BCUT2D eigenvalue weighted by Crippen LogP contribution is -2.43. The number of benzene rings is 1. The van der Waals surface area contributed by atoms with Crippen LogP contribution in [0.2, 0.25) is 18.1 Å². The Morgan fingerprint density at radius 3 is 2.24 bits per heavy atom. The van der Waals surface area contributed by atoms with Gasteiger partial charge in [0, 0.05) is 17.9 Å². The highest BCUT2D eigenvalue weighted by molar-refractivity contribution is 9.10. The molecule has 0 aromatic heterocycles. The molecular weight excluding hydrogens is 346 g/mol. The van der Waals surface area contributed by atoms with Crippen LogP contribution in [-0.4, -0.2) is 20.8 Å². The van der Waals surface area contributed by atoms with Crippen molar-refractivity contribution in [3.63, 3.8) is 0 Å². The fourth-order valence-corrected chi connectivity index (χ4v) is 3.22. The van der Waals surface area contributed by atoms with Gasteiger partial charge in [0.1, 0.15) is 0 Å². The van der Waals surface area contributed by atoms with Crippen molar-refractivity contribution in [2.75, 3.05) is 6.54 Å². The average molecular weight is 372 g/mol. The number of hydrogen-bond donors (Lipinski definition) is 1. The lowest BCUT2D eigenvalue weighted by Gasteiger charge is -2.39. The average Bonchev–Trinajstić information content (AvgIpc) is 2.34. The van der Waals surface area contributed by atoms with Gasteiger partial charge >= 0.3 is 0 Å². The quantitative estimate of drug-likeness (QED) is 0.764. The van der Waals surface area contributed by atoms with E-state index in [0.29, 0.717) is 6.54 Å². The molecule has 0 saturated heterocycles. The molecular formula is C16H26BrNO2Si. The molecule has 0 fully saturated rings. The van der Waals surface area contributed by atoms with Gasteiger partial charge in [-0.05, 0) is 35.8 Å². The molecule has 1 amide bonds. The molecule has 1 aromatic carbocycles. The van der Waals surface area contributed by atoms with Crippen LogP contribution in [0.15, 0.2) is 28.7 Å². The minimum atomic E-state index is -1.90. The maximum absolute atomic E-state index is 11.2. The second-order valence-electron chi connectivity index (χ2n) is 6.86. The van der Waals surface area contributed by atoms with E-state index in [0.717, 1.165) is 10.0 Å². The summed E-state index contributed by atoms with van der Waals surface area (Å²) in [4.78, 5) is 11.2. The summed E-state index contributed by atoms with van der Waals surface area (Å²) in [6, 6.07) is 8.10. The van der Waals surface area contributed by atoms with Crippen molar-refractivity contribution in [2.45, 2.75) is 51.9 Å². The first-order valence-electron chi connectivity index (χ1n) is 7.20. The summed E-state index contributed by atoms with van der Waals surface area (Å²) in [7, 11) is -1.90. The molecule has 0 heterocycles. The predicted molar refractivity (Wildman–Crippen MR) is 93.8 cm³/mol. The van der Waals surface area contributed by atoms with Gasteiger partial charge in [0.05, 0.1) is 6.10 Å². The zero-order chi connectivity index (χ0) is 16.3. The van der Waals surface area contributed by atoms with Gasteiger partial charge in [-0.3, -0.25) is 4.79 Å². The molecule has 1 rings (SSSR count). The maximum atomic E-state index is 11.2. The molecule has 1 atom stereocenters. The second kappa shape index (κ2) is 7.07. The minimum Gasteiger partial charge on any atom is -0.408 e. The van der Waals surface area contributed by atoms with E-state index in [2.05, 4.69) is 55.1 Å². The second-order valence-corrected chi connectivity index (χ2v) is 12.5. The normalized spacial score (nSPS) is 13.9. The van der Waals surface area contributed by atoms with Crippen molar-refractivity contribution in [3.8, 4) is 0 Å². The Hall–Kier alpha value is -0.653. The fraction of sp³-hybridized carbons (Fsp3) is 0.562. The highest BCUT2D eigenvalue weighted by Gasteiger charge is 2.39. The summed E-state index contributed by atoms with van der Waals surface area (Å²) >= 11 is 3.45. The predicted octanol–water partition coefficient (Wildman–Crippen LogP) is 4.65. The van der Waals surface area contributed by atoms with Gasteiger partial charge < -0.3 is 9.74 Å². The molecule has 3 nitrogen and oxygen atoms in total. The molecule has 0 spiro atoms. The molecule has 0 bridgehead atoms. The van der Waals surface area contributed by atoms with E-state index in [1.807, 2.05) is 24.3 Å². The molecule has 0 saturated carbocycles. The number of rotatable bonds is 5. The molecule has 118 valence electrons. The van der Waals surface area contributed by atoms with Crippen LogP contribution in [-0.2, 0) is 9.22 Å². The highest BCUT2D eigenvalue weighted by atomic mass is 79.9. The van der Waals surface area contributed by atoms with Crippen molar-refractivity contribution in [3.05, 3.63) is 34.3 Å². The zero-order valence-corrected chi connectivity index (χ0v) is 16.4. The van der Waals surface area contributed by atoms with Crippen molar-refractivity contribution in [1.29, 1.82) is 0 Å². The van der Waals surface area contributed by atoms with E-state index in [-0.39, 0.29) is 17.0 Å². The van der Waals surface area contributed by atoms with Crippen LogP contribution in [0.4, 0.5) is 0 Å². The zero-order valence-electron chi connectivity index (χ0n) is 13.8. The van der Waals surface area contributed by atoms with Crippen LogP contribution in [0.25, 0.3) is 0 Å². The summed E-state index contributed by atoms with van der Waals surface area (Å²) < 4.78 is 7.53. The number of hydrogen-bond acceptors (Lipinski definition) is 2. The van der Waals surface area contributed by atoms with Gasteiger partial charge in [0.2, 0.25) is 5.91 Å². The molecule has 1 N–H and O–H groups in total. The van der Waals surface area contributed by atoms with Gasteiger partial charge in [0.15, 0.2) is 8.32 Å². The van der Waals surface area contributed by atoms with Gasteiger partial charge in [-0.25, -0.2) is 0 Å². The van der Waals surface area contributed by atoms with E-state index in [4.69, 9.17) is 4.43 Å². The first kappa shape index (κ1) is 18.4. The summed E-state index contributed by atoms with van der Waals surface area (Å²) in [6.07, 6.45) is -0.108. The topological polar surface area (TPSA) is 38.3 Å². The summed E-state index contributed by atoms with van der Waals surface area (Å²) in [6.45, 7) is 13.1. The van der Waals surface area contributed by atoms with Crippen molar-refractivity contribution in [1.82, 2.24) is 5.32 Å². The van der Waals surface area contributed by atoms with E-state index in [1.165, 1.54) is 6.92 Å². The van der Waals surface area contributed by atoms with Crippen LogP contribution in [0.5, 0.6) is 0 Å². The van der Waals surface area contributed by atoms with Crippen LogP contribution < -0.4 is 5.32 Å². The first-order chi connectivity index (χ1) is 9.53. The molecule has 0 aliphatic rings. The van der Waals surface area contributed by atoms with E-state index in [1.54, 1.807) is 0 Å². The van der Waals surface area contributed by atoms with Crippen molar-refractivity contribution in [2.24, 2.45) is 0 Å². The fourth-order valence-electron chi connectivity index (χ4n) is 1.67. The molecule has 0 aliphatic heterocycles. The van der Waals surface area contributed by atoms with E-state index >= 15 is 0 Å². The van der Waals surface area contributed by atoms with Crippen molar-refractivity contribution < 1.29 is 9.22 Å². The molecule has 1 aromatic rings. The largest absolute Gasteiger partial charge is 0.408 e. The van der Waals surface area contributed by atoms with Gasteiger partial charge in [-0.15, -0.1) is 0 Å². The lowest BCUT2D eigenvalue weighted by atomic mass is 10.1. The smallest absolute Gasteiger partial charge is 0.216 e. The standard InChI is InChI=1S/C16H26BrNO2Si/c1-12(19)18-11-15(13-7-9-14(17)10-8-13)20-21(5,6)16(2,3)4/h7-10,15H,11H2,1-6H3,(H,18,19). The van der Waals surface area contributed by atoms with Gasteiger partial charge in [-0.1, -0.05) is 48.8 Å². The summed E-state index contributed by atoms with van der Waals surface area (Å²) in [5.74, 6) is -0.0315. The first-order valence-corrected chi connectivity index (χ1v) is 10.9. The van der Waals surface area contributed by atoms with Crippen LogP contribution >= 0.6 is 15.9 Å². The Morgan fingerprint density at radius 2 is 1.81 bits per heavy atom. The third-order valence-corrected chi connectivity index (χ3v) is 9.04. The third-order valence-electron chi connectivity index (χ3n) is 4.02. The van der Waals surface area contributed by atoms with Crippen LogP contribution in [0.1, 0.15) is 39.4 Å². The van der Waals surface area contributed by atoms with E-state index in [9.17, 15) is 4.79 Å². The summed E-state index contributed by atoms with van der Waals surface area (Å²) in [5, 5.41) is 3.02. The molecule has 0 radical (unpaired) electrons. The number of carbonyl (C=O) groups excluding carboxylic acids is 1. The van der Waals surface area contributed by atoms with Gasteiger partial charge in [0.25, 0.3) is 0 Å². The Bertz CT molecular complexity index is 480. The number of amides is 1. The minimum absolute atomic E-state index is 0.0315. The Kier molecular flexibility index (Phi) is 6.19. The van der Waals surface area contributed by atoms with Crippen LogP contribution in [0.3, 0.4) is 0 Å². The maximum Gasteiger partial charge on any atom is 0.216 e. The lowest BCUT2D eigenvalue weighted by molar-refractivity contribution is -0.119. The third kappa shape index (κ3) is 5.56. The number of nitrogens with one attached hydrogen (secondary N) is 1. The number of halogens is 1. The van der Waals surface area contributed by atoms with Crippen molar-refractivity contribution >= 4 is 30.2 Å². The molecule has 21 heavy (non-hydrogen) atoms. The van der Waals surface area contributed by atoms with Gasteiger partial charge in [-0.2, -0.15) is 0 Å². The monoisotopic (exact) mass is 371 g/mol. The Morgan fingerprint density at radius 1 is 1.29 bits per heavy atom.